The van der Waals surface area contributed by atoms with Gasteiger partial charge in [-0.1, -0.05) is 29.8 Å². The molecule has 0 unspecified atom stereocenters. The Labute approximate surface area is 173 Å². The maximum atomic E-state index is 12.4. The van der Waals surface area contributed by atoms with Crippen molar-refractivity contribution < 1.29 is 14.3 Å². The highest BCUT2D eigenvalue weighted by Crippen LogP contribution is 2.20. The first kappa shape index (κ1) is 21.0. The molecule has 156 valence electrons. The second kappa shape index (κ2) is 10.2. The summed E-state index contributed by atoms with van der Waals surface area (Å²) < 4.78 is 10.8. The zero-order valence-corrected chi connectivity index (χ0v) is 17.6. The van der Waals surface area contributed by atoms with Crippen molar-refractivity contribution >= 4 is 11.7 Å². The van der Waals surface area contributed by atoms with Crippen LogP contribution in [0.1, 0.15) is 16.7 Å². The summed E-state index contributed by atoms with van der Waals surface area (Å²) >= 11 is 0. The first-order valence-corrected chi connectivity index (χ1v) is 10.1. The molecular formula is C23H31N3O3. The molecule has 0 radical (unpaired) electrons. The number of benzene rings is 2. The largest absolute Gasteiger partial charge is 0.496 e. The van der Waals surface area contributed by atoms with Crippen molar-refractivity contribution in [1.82, 2.24) is 10.2 Å². The molecule has 0 bridgehead atoms. The number of carbonyl (C=O) groups excluding carboxylic acids is 1. The molecule has 0 saturated carbocycles. The van der Waals surface area contributed by atoms with Crippen LogP contribution in [-0.2, 0) is 17.7 Å². The fourth-order valence-corrected chi connectivity index (χ4v) is 3.52. The van der Waals surface area contributed by atoms with E-state index >= 15 is 0 Å². The average molecular weight is 398 g/mol. The van der Waals surface area contributed by atoms with Gasteiger partial charge in [-0.05, 0) is 42.7 Å². The number of hydrogen-bond donors (Lipinski definition) is 1. The maximum absolute atomic E-state index is 12.4. The van der Waals surface area contributed by atoms with Crippen molar-refractivity contribution in [1.29, 1.82) is 0 Å². The predicted molar refractivity (Wildman–Crippen MR) is 116 cm³/mol. The minimum absolute atomic E-state index is 0.0751. The molecule has 1 aliphatic rings. The van der Waals surface area contributed by atoms with Gasteiger partial charge in [-0.25, -0.2) is 4.79 Å². The molecule has 2 aromatic carbocycles. The molecule has 0 spiro atoms. The molecule has 1 N–H and O–H groups in total. The number of hydrogen-bond acceptors (Lipinski definition) is 4. The lowest BCUT2D eigenvalue weighted by atomic mass is 10.1. The lowest BCUT2D eigenvalue weighted by Gasteiger charge is -2.29. The van der Waals surface area contributed by atoms with Crippen LogP contribution in [0.3, 0.4) is 0 Å². The van der Waals surface area contributed by atoms with Gasteiger partial charge in [0.15, 0.2) is 0 Å². The summed E-state index contributed by atoms with van der Waals surface area (Å²) in [6.45, 7) is 6.60. The lowest BCUT2D eigenvalue weighted by Crippen LogP contribution is -2.38. The number of carbonyl (C=O) groups is 1. The Balaban J connectivity index is 1.47. The van der Waals surface area contributed by atoms with Gasteiger partial charge in [0.2, 0.25) is 0 Å². The summed E-state index contributed by atoms with van der Waals surface area (Å²) in [5.41, 5.74) is 4.61. The number of anilines is 1. The van der Waals surface area contributed by atoms with Crippen LogP contribution in [0.4, 0.5) is 10.5 Å². The van der Waals surface area contributed by atoms with Crippen molar-refractivity contribution in [3.8, 4) is 5.75 Å². The Hall–Kier alpha value is -2.73. The van der Waals surface area contributed by atoms with E-state index in [0.717, 1.165) is 49.6 Å². The summed E-state index contributed by atoms with van der Waals surface area (Å²) in [7, 11) is 3.49. The molecule has 1 aliphatic heterocycles. The number of nitrogens with zero attached hydrogens (tertiary/aromatic N) is 2. The van der Waals surface area contributed by atoms with E-state index in [1.54, 1.807) is 12.0 Å². The number of amides is 2. The van der Waals surface area contributed by atoms with Crippen molar-refractivity contribution in [2.45, 2.75) is 19.9 Å². The number of urea groups is 1. The molecule has 0 aromatic heterocycles. The van der Waals surface area contributed by atoms with Gasteiger partial charge in [0.25, 0.3) is 0 Å². The number of nitrogens with one attached hydrogen (secondary N) is 1. The first-order valence-electron chi connectivity index (χ1n) is 10.1. The van der Waals surface area contributed by atoms with Gasteiger partial charge in [0, 0.05) is 38.9 Å². The van der Waals surface area contributed by atoms with Gasteiger partial charge < -0.3 is 24.6 Å². The van der Waals surface area contributed by atoms with E-state index in [0.29, 0.717) is 13.1 Å². The number of ether oxygens (including phenoxy) is 2. The van der Waals surface area contributed by atoms with Crippen LogP contribution in [0.25, 0.3) is 0 Å². The van der Waals surface area contributed by atoms with Gasteiger partial charge >= 0.3 is 6.03 Å². The summed E-state index contributed by atoms with van der Waals surface area (Å²) in [4.78, 5) is 16.5. The van der Waals surface area contributed by atoms with Crippen LogP contribution in [0, 0.1) is 6.92 Å². The van der Waals surface area contributed by atoms with E-state index in [-0.39, 0.29) is 6.03 Å². The molecule has 1 fully saturated rings. The highest BCUT2D eigenvalue weighted by atomic mass is 16.5. The molecule has 1 heterocycles. The van der Waals surface area contributed by atoms with Crippen molar-refractivity contribution in [3.63, 3.8) is 0 Å². The van der Waals surface area contributed by atoms with Crippen LogP contribution in [0.15, 0.2) is 42.5 Å². The normalized spacial score (nSPS) is 13.8. The van der Waals surface area contributed by atoms with Gasteiger partial charge in [0.1, 0.15) is 5.75 Å². The molecular weight excluding hydrogens is 366 g/mol. The van der Waals surface area contributed by atoms with Crippen molar-refractivity contribution in [2.24, 2.45) is 0 Å². The minimum atomic E-state index is -0.0751. The second-order valence-corrected chi connectivity index (χ2v) is 7.42. The zero-order valence-electron chi connectivity index (χ0n) is 17.6. The summed E-state index contributed by atoms with van der Waals surface area (Å²) in [5.74, 6) is 0.860. The molecule has 2 amide bonds. The molecule has 29 heavy (non-hydrogen) atoms. The monoisotopic (exact) mass is 397 g/mol. The molecule has 6 nitrogen and oxygen atoms in total. The summed E-state index contributed by atoms with van der Waals surface area (Å²) in [6, 6.07) is 14.4. The van der Waals surface area contributed by atoms with E-state index in [1.165, 1.54) is 11.3 Å². The standard InChI is InChI=1S/C23H31N3O3/c1-18-4-9-22(28-3)20(16-18)10-11-24-23(27)25(2)17-19-5-7-21(8-6-19)26-12-14-29-15-13-26/h4-9,16H,10-15,17H2,1-3H3,(H,24,27). The van der Waals surface area contributed by atoms with Gasteiger partial charge in [-0.3, -0.25) is 0 Å². The van der Waals surface area contributed by atoms with Crippen molar-refractivity contribution in [3.05, 3.63) is 59.2 Å². The second-order valence-electron chi connectivity index (χ2n) is 7.42. The number of rotatable bonds is 7. The zero-order chi connectivity index (χ0) is 20.6. The van der Waals surface area contributed by atoms with E-state index < -0.39 is 0 Å². The molecule has 6 heteroatoms. The average Bonchev–Trinajstić information content (AvgIpc) is 2.75. The van der Waals surface area contributed by atoms with Crippen LogP contribution in [0.2, 0.25) is 0 Å². The third-order valence-electron chi connectivity index (χ3n) is 5.19. The van der Waals surface area contributed by atoms with Gasteiger partial charge in [0.05, 0.1) is 20.3 Å². The molecule has 2 aromatic rings. The number of morpholine rings is 1. The van der Waals surface area contributed by atoms with Crippen LogP contribution in [-0.4, -0.2) is 57.9 Å². The van der Waals surface area contributed by atoms with Crippen LogP contribution in [0.5, 0.6) is 5.75 Å². The quantitative estimate of drug-likeness (QED) is 0.779. The Morgan fingerprint density at radius 3 is 2.59 bits per heavy atom. The van der Waals surface area contributed by atoms with Crippen LogP contribution >= 0.6 is 0 Å². The van der Waals surface area contributed by atoms with Crippen molar-refractivity contribution in [2.75, 3.05) is 51.9 Å². The molecule has 0 atom stereocenters. The SMILES string of the molecule is COc1ccc(C)cc1CCNC(=O)N(C)Cc1ccc(N2CCOCC2)cc1. The van der Waals surface area contributed by atoms with E-state index in [1.807, 2.05) is 19.2 Å². The van der Waals surface area contributed by atoms with E-state index in [2.05, 4.69) is 47.5 Å². The summed E-state index contributed by atoms with van der Waals surface area (Å²) in [6.07, 6.45) is 0.735. The Morgan fingerprint density at radius 2 is 1.90 bits per heavy atom. The maximum Gasteiger partial charge on any atom is 0.317 e. The molecule has 0 aliphatic carbocycles. The third-order valence-corrected chi connectivity index (χ3v) is 5.19. The Kier molecular flexibility index (Phi) is 7.36. The Bertz CT molecular complexity index is 802. The third kappa shape index (κ3) is 5.87. The fourth-order valence-electron chi connectivity index (χ4n) is 3.52. The summed E-state index contributed by atoms with van der Waals surface area (Å²) in [5, 5.41) is 2.99. The first-order chi connectivity index (χ1) is 14.1. The predicted octanol–water partition coefficient (Wildman–Crippen LogP) is 3.22. The topological polar surface area (TPSA) is 54.0 Å². The lowest BCUT2D eigenvalue weighted by molar-refractivity contribution is 0.122. The van der Waals surface area contributed by atoms with Crippen LogP contribution < -0.4 is 15.0 Å². The minimum Gasteiger partial charge on any atom is -0.496 e. The highest BCUT2D eigenvalue weighted by Gasteiger charge is 2.12. The number of methoxy groups -OCH3 is 1. The Morgan fingerprint density at radius 1 is 1.17 bits per heavy atom. The van der Waals surface area contributed by atoms with E-state index in [9.17, 15) is 4.79 Å². The fraction of sp³-hybridized carbons (Fsp3) is 0.435. The molecule has 3 rings (SSSR count). The van der Waals surface area contributed by atoms with Gasteiger partial charge in [-0.15, -0.1) is 0 Å². The smallest absolute Gasteiger partial charge is 0.317 e. The number of aryl methyl sites for hydroxylation is 1. The van der Waals surface area contributed by atoms with Gasteiger partial charge in [-0.2, -0.15) is 0 Å². The highest BCUT2D eigenvalue weighted by molar-refractivity contribution is 5.73. The molecule has 1 saturated heterocycles. The van der Waals surface area contributed by atoms with E-state index in [4.69, 9.17) is 9.47 Å².